The first-order valence-corrected chi connectivity index (χ1v) is 6.68. The van der Waals surface area contributed by atoms with Crippen molar-refractivity contribution in [3.63, 3.8) is 0 Å². The number of rotatable bonds is 4. The van der Waals surface area contributed by atoms with Crippen molar-refractivity contribution in [2.45, 2.75) is 26.7 Å². The van der Waals surface area contributed by atoms with E-state index in [4.69, 9.17) is 9.47 Å². The summed E-state index contributed by atoms with van der Waals surface area (Å²) in [6.45, 7) is 6.16. The second-order valence-electron chi connectivity index (χ2n) is 4.20. The molecule has 2 nitrogen and oxygen atoms in total. The van der Waals surface area contributed by atoms with E-state index in [1.54, 1.807) is 14.2 Å². The van der Waals surface area contributed by atoms with Crippen molar-refractivity contribution >= 4 is 15.9 Å². The van der Waals surface area contributed by atoms with Gasteiger partial charge in [-0.3, -0.25) is 0 Å². The van der Waals surface area contributed by atoms with Gasteiger partial charge in [-0.2, -0.15) is 0 Å². The third-order valence-electron chi connectivity index (χ3n) is 3.12. The molecule has 98 valence electrons. The molecule has 2 unspecified atom stereocenters. The van der Waals surface area contributed by atoms with E-state index in [1.165, 1.54) is 5.56 Å². The van der Waals surface area contributed by atoms with E-state index in [1.807, 2.05) is 19.1 Å². The summed E-state index contributed by atoms with van der Waals surface area (Å²) < 4.78 is 11.6. The van der Waals surface area contributed by atoms with Crippen LogP contribution in [-0.4, -0.2) is 14.2 Å². The fourth-order valence-corrected chi connectivity index (χ4v) is 2.52. The molecule has 0 spiro atoms. The second kappa shape index (κ2) is 6.70. The summed E-state index contributed by atoms with van der Waals surface area (Å²) in [5.74, 6) is 8.26. The molecule has 0 N–H and O–H groups in total. The fraction of sp³-hybridized carbons (Fsp3) is 0.467. The minimum absolute atomic E-state index is 0.296. The quantitative estimate of drug-likeness (QED) is 0.775. The lowest BCUT2D eigenvalue weighted by molar-refractivity contribution is 0.353. The van der Waals surface area contributed by atoms with Crippen LogP contribution in [0.1, 0.15) is 32.3 Å². The van der Waals surface area contributed by atoms with Crippen molar-refractivity contribution < 1.29 is 9.47 Å². The molecule has 1 rings (SSSR count). The lowest BCUT2D eigenvalue weighted by Gasteiger charge is -2.19. The molecule has 2 atom stereocenters. The SMILES string of the molecule is CC#CC(C)C(C)c1cc(OC)c(OC)cc1Br. The van der Waals surface area contributed by atoms with Gasteiger partial charge in [0.25, 0.3) is 0 Å². The Labute approximate surface area is 118 Å². The molecule has 0 aliphatic carbocycles. The van der Waals surface area contributed by atoms with E-state index < -0.39 is 0 Å². The summed E-state index contributed by atoms with van der Waals surface area (Å²) in [6, 6.07) is 3.96. The smallest absolute Gasteiger partial charge is 0.161 e. The van der Waals surface area contributed by atoms with Crippen LogP contribution >= 0.6 is 15.9 Å². The highest BCUT2D eigenvalue weighted by Crippen LogP contribution is 2.38. The molecular weight excluding hydrogens is 292 g/mol. The van der Waals surface area contributed by atoms with Crippen molar-refractivity contribution in [1.29, 1.82) is 0 Å². The van der Waals surface area contributed by atoms with Gasteiger partial charge >= 0.3 is 0 Å². The number of halogens is 1. The zero-order valence-corrected chi connectivity index (χ0v) is 13.1. The molecule has 0 aliphatic heterocycles. The normalized spacial score (nSPS) is 13.2. The number of ether oxygens (including phenoxy) is 2. The minimum atomic E-state index is 0.296. The van der Waals surface area contributed by atoms with Crippen LogP contribution in [0.5, 0.6) is 11.5 Å². The van der Waals surface area contributed by atoms with Crippen molar-refractivity contribution in [2.24, 2.45) is 5.92 Å². The summed E-state index contributed by atoms with van der Waals surface area (Å²) in [5, 5.41) is 0. The standard InChI is InChI=1S/C15H19BrO2/c1-6-7-10(2)11(3)12-8-14(17-4)15(18-5)9-13(12)16/h8-11H,1-5H3. The van der Waals surface area contributed by atoms with Crippen LogP contribution in [0, 0.1) is 17.8 Å². The average Bonchev–Trinajstić information content (AvgIpc) is 2.37. The Hall–Kier alpha value is -1.14. The Morgan fingerprint density at radius 2 is 1.67 bits per heavy atom. The zero-order chi connectivity index (χ0) is 13.7. The van der Waals surface area contributed by atoms with Gasteiger partial charge in [0.05, 0.1) is 14.2 Å². The van der Waals surface area contributed by atoms with Gasteiger partial charge < -0.3 is 9.47 Å². The van der Waals surface area contributed by atoms with E-state index in [2.05, 4.69) is 41.6 Å². The van der Waals surface area contributed by atoms with Crippen LogP contribution in [0.25, 0.3) is 0 Å². The number of hydrogen-bond acceptors (Lipinski definition) is 2. The molecule has 0 radical (unpaired) electrons. The molecule has 1 aromatic rings. The first-order valence-electron chi connectivity index (χ1n) is 5.88. The van der Waals surface area contributed by atoms with Crippen LogP contribution in [0.2, 0.25) is 0 Å². The van der Waals surface area contributed by atoms with Crippen molar-refractivity contribution in [2.75, 3.05) is 14.2 Å². The van der Waals surface area contributed by atoms with E-state index in [9.17, 15) is 0 Å². The van der Waals surface area contributed by atoms with Crippen molar-refractivity contribution in [3.05, 3.63) is 22.2 Å². The average molecular weight is 311 g/mol. The van der Waals surface area contributed by atoms with E-state index >= 15 is 0 Å². The third-order valence-corrected chi connectivity index (χ3v) is 3.80. The van der Waals surface area contributed by atoms with Gasteiger partial charge in [-0.1, -0.05) is 35.7 Å². The van der Waals surface area contributed by atoms with Crippen LogP contribution in [0.4, 0.5) is 0 Å². The maximum Gasteiger partial charge on any atom is 0.161 e. The Balaban J connectivity index is 3.19. The highest BCUT2D eigenvalue weighted by molar-refractivity contribution is 9.10. The largest absolute Gasteiger partial charge is 0.493 e. The van der Waals surface area contributed by atoms with Crippen molar-refractivity contribution in [1.82, 2.24) is 0 Å². The molecule has 18 heavy (non-hydrogen) atoms. The Morgan fingerprint density at radius 1 is 1.11 bits per heavy atom. The zero-order valence-electron chi connectivity index (χ0n) is 11.5. The van der Waals surface area contributed by atoms with Crippen LogP contribution in [0.15, 0.2) is 16.6 Å². The molecule has 0 saturated heterocycles. The maximum atomic E-state index is 5.34. The van der Waals surface area contributed by atoms with Crippen LogP contribution in [-0.2, 0) is 0 Å². The first-order chi connectivity index (χ1) is 8.54. The third kappa shape index (κ3) is 3.20. The molecule has 0 amide bonds. The maximum absolute atomic E-state index is 5.34. The molecule has 0 bridgehead atoms. The van der Waals surface area contributed by atoms with E-state index in [-0.39, 0.29) is 0 Å². The highest BCUT2D eigenvalue weighted by atomic mass is 79.9. The summed E-state index contributed by atoms with van der Waals surface area (Å²) >= 11 is 3.59. The monoisotopic (exact) mass is 310 g/mol. The number of hydrogen-bond donors (Lipinski definition) is 0. The van der Waals surface area contributed by atoms with E-state index in [0.29, 0.717) is 11.8 Å². The summed E-state index contributed by atoms with van der Waals surface area (Å²) in [4.78, 5) is 0. The molecule has 0 saturated carbocycles. The summed E-state index contributed by atoms with van der Waals surface area (Å²) in [7, 11) is 3.29. The Morgan fingerprint density at radius 3 is 2.17 bits per heavy atom. The fourth-order valence-electron chi connectivity index (χ4n) is 1.84. The van der Waals surface area contributed by atoms with Gasteiger partial charge in [-0.15, -0.1) is 5.92 Å². The molecule has 1 aromatic carbocycles. The van der Waals surface area contributed by atoms with Gasteiger partial charge in [0, 0.05) is 10.4 Å². The van der Waals surface area contributed by atoms with Crippen molar-refractivity contribution in [3.8, 4) is 23.3 Å². The molecule has 0 heterocycles. The summed E-state index contributed by atoms with van der Waals surface area (Å²) in [5.41, 5.74) is 1.18. The topological polar surface area (TPSA) is 18.5 Å². The Bertz CT molecular complexity index is 471. The van der Waals surface area contributed by atoms with Gasteiger partial charge in [-0.05, 0) is 30.5 Å². The molecule has 0 fully saturated rings. The molecule has 0 aliphatic rings. The number of methoxy groups -OCH3 is 2. The first kappa shape index (κ1) is 14.9. The lowest BCUT2D eigenvalue weighted by atomic mass is 9.89. The predicted molar refractivity (Wildman–Crippen MR) is 78.3 cm³/mol. The van der Waals surface area contributed by atoms with E-state index in [0.717, 1.165) is 16.0 Å². The van der Waals surface area contributed by atoms with Gasteiger partial charge in [-0.25, -0.2) is 0 Å². The second-order valence-corrected chi connectivity index (χ2v) is 5.05. The lowest BCUT2D eigenvalue weighted by Crippen LogP contribution is -2.06. The van der Waals surface area contributed by atoms with Gasteiger partial charge in [0.15, 0.2) is 11.5 Å². The van der Waals surface area contributed by atoms with Crippen LogP contribution in [0.3, 0.4) is 0 Å². The Kier molecular flexibility index (Phi) is 5.55. The van der Waals surface area contributed by atoms with Gasteiger partial charge in [0.2, 0.25) is 0 Å². The summed E-state index contributed by atoms with van der Waals surface area (Å²) in [6.07, 6.45) is 0. The molecule has 3 heteroatoms. The number of benzene rings is 1. The van der Waals surface area contributed by atoms with Crippen LogP contribution < -0.4 is 9.47 Å². The molecular formula is C15H19BrO2. The molecule has 0 aromatic heterocycles. The highest BCUT2D eigenvalue weighted by Gasteiger charge is 2.18. The minimum Gasteiger partial charge on any atom is -0.493 e. The predicted octanol–water partition coefficient (Wildman–Crippen LogP) is 4.23. The van der Waals surface area contributed by atoms with Gasteiger partial charge in [0.1, 0.15) is 0 Å².